The summed E-state index contributed by atoms with van der Waals surface area (Å²) in [7, 11) is 0. The minimum atomic E-state index is 1.03. The summed E-state index contributed by atoms with van der Waals surface area (Å²) in [6.07, 6.45) is 5.89. The van der Waals surface area contributed by atoms with Gasteiger partial charge in [-0.1, -0.05) is 0 Å². The molecule has 2 aromatic rings. The molecular formula is C11H10BrN3. The second-order valence-electron chi connectivity index (χ2n) is 3.66. The molecular weight excluding hydrogens is 254 g/mol. The summed E-state index contributed by atoms with van der Waals surface area (Å²) in [6, 6.07) is 3.98. The van der Waals surface area contributed by atoms with Gasteiger partial charge in [-0.25, -0.2) is 4.98 Å². The maximum absolute atomic E-state index is 4.65. The molecule has 0 radical (unpaired) electrons. The Kier molecular flexibility index (Phi) is 2.09. The Morgan fingerprint density at radius 1 is 1.27 bits per heavy atom. The molecule has 0 fully saturated rings. The van der Waals surface area contributed by atoms with Gasteiger partial charge in [0.1, 0.15) is 16.1 Å². The van der Waals surface area contributed by atoms with E-state index in [1.54, 1.807) is 12.4 Å². The molecule has 0 atom stereocenters. The predicted octanol–water partition coefficient (Wildman–Crippen LogP) is 2.65. The Balaban J connectivity index is 2.14. The largest absolute Gasteiger partial charge is 0.322 e. The third-order valence-corrected chi connectivity index (χ3v) is 3.52. The number of aryl methyl sites for hydroxylation is 1. The Labute approximate surface area is 96.3 Å². The van der Waals surface area contributed by atoms with Gasteiger partial charge in [0.05, 0.1) is 0 Å². The molecule has 3 rings (SSSR count). The highest BCUT2D eigenvalue weighted by Gasteiger charge is 2.19. The van der Waals surface area contributed by atoms with Gasteiger partial charge < -0.3 is 4.57 Å². The molecule has 15 heavy (non-hydrogen) atoms. The molecule has 0 aliphatic carbocycles. The number of fused-ring (bicyclic) bond motifs is 1. The molecule has 3 nitrogen and oxygen atoms in total. The summed E-state index contributed by atoms with van der Waals surface area (Å²) in [5.74, 6) is 1.19. The number of aromatic nitrogens is 3. The zero-order valence-corrected chi connectivity index (χ0v) is 9.74. The number of hydrogen-bond acceptors (Lipinski definition) is 2. The van der Waals surface area contributed by atoms with Crippen LogP contribution in [0.1, 0.15) is 12.2 Å². The molecule has 76 valence electrons. The monoisotopic (exact) mass is 263 g/mol. The maximum Gasteiger partial charge on any atom is 0.113 e. The average molecular weight is 264 g/mol. The van der Waals surface area contributed by atoms with Crippen LogP contribution in [0.5, 0.6) is 0 Å². The zero-order valence-electron chi connectivity index (χ0n) is 8.15. The molecule has 0 saturated heterocycles. The lowest BCUT2D eigenvalue weighted by Crippen LogP contribution is -1.91. The van der Waals surface area contributed by atoms with Crippen LogP contribution in [0, 0.1) is 0 Å². The summed E-state index contributed by atoms with van der Waals surface area (Å²) < 4.78 is 3.34. The zero-order chi connectivity index (χ0) is 10.3. The Bertz CT molecular complexity index is 490. The lowest BCUT2D eigenvalue weighted by Gasteiger charge is -1.99. The van der Waals surface area contributed by atoms with Gasteiger partial charge in [0, 0.05) is 30.9 Å². The molecule has 0 unspecified atom stereocenters. The third-order valence-electron chi connectivity index (χ3n) is 2.72. The molecule has 0 spiro atoms. The van der Waals surface area contributed by atoms with Crippen molar-refractivity contribution in [2.45, 2.75) is 19.4 Å². The number of hydrogen-bond donors (Lipinski definition) is 0. The van der Waals surface area contributed by atoms with E-state index in [1.165, 1.54) is 12.2 Å². The van der Waals surface area contributed by atoms with E-state index < -0.39 is 0 Å². The van der Waals surface area contributed by atoms with Gasteiger partial charge in [0.2, 0.25) is 0 Å². The van der Waals surface area contributed by atoms with E-state index in [4.69, 9.17) is 0 Å². The predicted molar refractivity (Wildman–Crippen MR) is 61.5 cm³/mol. The lowest BCUT2D eigenvalue weighted by molar-refractivity contribution is 0.736. The second-order valence-corrected chi connectivity index (χ2v) is 4.41. The van der Waals surface area contributed by atoms with Gasteiger partial charge in [-0.2, -0.15) is 0 Å². The highest BCUT2D eigenvalue weighted by atomic mass is 79.9. The highest BCUT2D eigenvalue weighted by molar-refractivity contribution is 9.10. The van der Waals surface area contributed by atoms with Crippen molar-refractivity contribution in [1.82, 2.24) is 14.5 Å². The first-order valence-corrected chi connectivity index (χ1v) is 5.81. The molecule has 1 aliphatic rings. The van der Waals surface area contributed by atoms with E-state index in [-0.39, 0.29) is 0 Å². The first-order valence-electron chi connectivity index (χ1n) is 5.01. The standard InChI is InChI=1S/C11H10BrN3/c12-11-10(8-3-5-13-6-4-8)14-9-2-1-7-15(9)11/h3-6H,1-2,7H2. The number of pyridine rings is 1. The molecule has 0 aromatic carbocycles. The number of nitrogens with zero attached hydrogens (tertiary/aromatic N) is 3. The number of rotatable bonds is 1. The summed E-state index contributed by atoms with van der Waals surface area (Å²) in [6.45, 7) is 1.08. The van der Waals surface area contributed by atoms with E-state index in [0.717, 1.165) is 28.8 Å². The van der Waals surface area contributed by atoms with Crippen LogP contribution in [-0.2, 0) is 13.0 Å². The minimum Gasteiger partial charge on any atom is -0.322 e. The quantitative estimate of drug-likeness (QED) is 0.792. The summed E-state index contributed by atoms with van der Waals surface area (Å²) in [5.41, 5.74) is 2.16. The minimum absolute atomic E-state index is 1.03. The van der Waals surface area contributed by atoms with Crippen molar-refractivity contribution in [2.75, 3.05) is 0 Å². The van der Waals surface area contributed by atoms with Gasteiger partial charge in [0.15, 0.2) is 0 Å². The van der Waals surface area contributed by atoms with Crippen LogP contribution in [0.15, 0.2) is 29.1 Å². The maximum atomic E-state index is 4.65. The molecule has 3 heterocycles. The van der Waals surface area contributed by atoms with Crippen LogP contribution in [0.3, 0.4) is 0 Å². The van der Waals surface area contributed by atoms with E-state index in [2.05, 4.69) is 30.5 Å². The number of halogens is 1. The van der Waals surface area contributed by atoms with Crippen molar-refractivity contribution in [3.8, 4) is 11.3 Å². The van der Waals surface area contributed by atoms with Gasteiger partial charge in [-0.3, -0.25) is 4.98 Å². The summed E-state index contributed by atoms with van der Waals surface area (Å²) in [4.78, 5) is 8.66. The van der Waals surface area contributed by atoms with Crippen molar-refractivity contribution >= 4 is 15.9 Å². The SMILES string of the molecule is Brc1c(-c2ccncc2)nc2n1CCC2. The van der Waals surface area contributed by atoms with Crippen molar-refractivity contribution in [2.24, 2.45) is 0 Å². The first-order chi connectivity index (χ1) is 7.36. The smallest absolute Gasteiger partial charge is 0.113 e. The van der Waals surface area contributed by atoms with E-state index >= 15 is 0 Å². The Hall–Kier alpha value is -1.16. The summed E-state index contributed by atoms with van der Waals surface area (Å²) >= 11 is 3.62. The van der Waals surface area contributed by atoms with Crippen molar-refractivity contribution in [1.29, 1.82) is 0 Å². The van der Waals surface area contributed by atoms with Crippen molar-refractivity contribution < 1.29 is 0 Å². The van der Waals surface area contributed by atoms with E-state index in [9.17, 15) is 0 Å². The highest BCUT2D eigenvalue weighted by Crippen LogP contribution is 2.31. The fourth-order valence-electron chi connectivity index (χ4n) is 1.98. The van der Waals surface area contributed by atoms with Crippen LogP contribution in [-0.4, -0.2) is 14.5 Å². The van der Waals surface area contributed by atoms with Gasteiger partial charge in [-0.05, 0) is 34.5 Å². The van der Waals surface area contributed by atoms with E-state index in [1.807, 2.05) is 12.1 Å². The Morgan fingerprint density at radius 2 is 2.07 bits per heavy atom. The normalized spacial score (nSPS) is 14.2. The van der Waals surface area contributed by atoms with Crippen molar-refractivity contribution in [3.63, 3.8) is 0 Å². The van der Waals surface area contributed by atoms with Crippen LogP contribution >= 0.6 is 15.9 Å². The fraction of sp³-hybridized carbons (Fsp3) is 0.273. The average Bonchev–Trinajstić information content (AvgIpc) is 2.83. The fourth-order valence-corrected chi connectivity index (χ4v) is 2.68. The van der Waals surface area contributed by atoms with Gasteiger partial charge in [-0.15, -0.1) is 0 Å². The molecule has 0 N–H and O–H groups in total. The van der Waals surface area contributed by atoms with Gasteiger partial charge in [0.25, 0.3) is 0 Å². The molecule has 0 saturated carbocycles. The lowest BCUT2D eigenvalue weighted by atomic mass is 10.2. The van der Waals surface area contributed by atoms with Crippen LogP contribution in [0.25, 0.3) is 11.3 Å². The number of imidazole rings is 1. The molecule has 0 amide bonds. The molecule has 1 aliphatic heterocycles. The topological polar surface area (TPSA) is 30.7 Å². The van der Waals surface area contributed by atoms with Crippen molar-refractivity contribution in [3.05, 3.63) is 35.0 Å². The second kappa shape index (κ2) is 3.45. The summed E-state index contributed by atoms with van der Waals surface area (Å²) in [5, 5.41) is 0. The molecule has 0 bridgehead atoms. The third kappa shape index (κ3) is 1.40. The molecule has 4 heteroatoms. The molecule has 2 aromatic heterocycles. The van der Waals surface area contributed by atoms with E-state index in [0.29, 0.717) is 0 Å². The van der Waals surface area contributed by atoms with Crippen LogP contribution < -0.4 is 0 Å². The first kappa shape index (κ1) is 9.09. The van der Waals surface area contributed by atoms with Crippen LogP contribution in [0.2, 0.25) is 0 Å². The van der Waals surface area contributed by atoms with Gasteiger partial charge >= 0.3 is 0 Å². The Morgan fingerprint density at radius 3 is 2.80 bits per heavy atom. The van der Waals surface area contributed by atoms with Crippen LogP contribution in [0.4, 0.5) is 0 Å².